The number of hydrogen-bond acceptors (Lipinski definition) is 10. The van der Waals surface area contributed by atoms with Gasteiger partial charge in [-0.15, -0.1) is 0 Å². The molecule has 37 heavy (non-hydrogen) atoms. The van der Waals surface area contributed by atoms with Crippen LogP contribution < -0.4 is 15.5 Å². The normalized spacial score (nSPS) is 13.4. The molecule has 0 unspecified atom stereocenters. The monoisotopic (exact) mass is 527 g/mol. The fourth-order valence-electron chi connectivity index (χ4n) is 3.82. The number of hydrogen-bond donors (Lipinski definition) is 3. The number of H-pyrrole nitrogens is 1. The highest BCUT2D eigenvalue weighted by molar-refractivity contribution is 7.90. The van der Waals surface area contributed by atoms with Gasteiger partial charge in [-0.2, -0.15) is 15.1 Å². The van der Waals surface area contributed by atoms with Crippen molar-refractivity contribution in [3.05, 3.63) is 59.7 Å². The molecule has 0 atom stereocenters. The van der Waals surface area contributed by atoms with Gasteiger partial charge in [0.1, 0.15) is 23.1 Å². The van der Waals surface area contributed by atoms with Crippen LogP contribution in [0.5, 0.6) is 0 Å². The quantitative estimate of drug-likeness (QED) is 0.306. The molecular formula is C23H23F2N9O2S. The SMILES string of the molecule is Cc1cc(Nc2nc(N(C)c3c(F)cc(S(C)(=O)=O)cc3F)nc(Nc3cnccn3)c2C2CC2)n[nH]1. The molecule has 0 radical (unpaired) electrons. The zero-order valence-corrected chi connectivity index (χ0v) is 20.9. The van der Waals surface area contributed by atoms with Crippen molar-refractivity contribution in [3.63, 3.8) is 0 Å². The number of rotatable bonds is 8. The van der Waals surface area contributed by atoms with Crippen molar-refractivity contribution in [2.75, 3.05) is 28.8 Å². The van der Waals surface area contributed by atoms with E-state index in [9.17, 15) is 8.42 Å². The van der Waals surface area contributed by atoms with Crippen LogP contribution in [0.1, 0.15) is 30.0 Å². The van der Waals surface area contributed by atoms with Crippen molar-refractivity contribution in [2.45, 2.75) is 30.6 Å². The molecule has 1 fully saturated rings. The minimum Gasteiger partial charge on any atom is -0.323 e. The molecule has 0 bridgehead atoms. The highest BCUT2D eigenvalue weighted by Gasteiger charge is 2.33. The zero-order chi connectivity index (χ0) is 26.3. The molecule has 192 valence electrons. The summed E-state index contributed by atoms with van der Waals surface area (Å²) >= 11 is 0. The Labute approximate surface area is 211 Å². The number of aryl methyl sites for hydroxylation is 1. The van der Waals surface area contributed by atoms with E-state index in [2.05, 4.69) is 40.8 Å². The lowest BCUT2D eigenvalue weighted by Gasteiger charge is -2.22. The second-order valence-electron chi connectivity index (χ2n) is 8.75. The van der Waals surface area contributed by atoms with Crippen LogP contribution >= 0.6 is 0 Å². The van der Waals surface area contributed by atoms with E-state index < -0.39 is 32.1 Å². The van der Waals surface area contributed by atoms with Crippen molar-refractivity contribution < 1.29 is 17.2 Å². The molecule has 3 aromatic heterocycles. The fourth-order valence-corrected chi connectivity index (χ4v) is 4.46. The first-order valence-electron chi connectivity index (χ1n) is 11.3. The maximum atomic E-state index is 15.0. The van der Waals surface area contributed by atoms with E-state index in [0.29, 0.717) is 23.3 Å². The number of halogens is 2. The molecule has 1 aromatic carbocycles. The van der Waals surface area contributed by atoms with Crippen LogP contribution in [0.4, 0.5) is 43.7 Å². The van der Waals surface area contributed by atoms with Crippen LogP contribution in [0.15, 0.2) is 41.7 Å². The van der Waals surface area contributed by atoms with Crippen molar-refractivity contribution in [2.24, 2.45) is 0 Å². The van der Waals surface area contributed by atoms with Gasteiger partial charge in [-0.05, 0) is 37.8 Å². The summed E-state index contributed by atoms with van der Waals surface area (Å²) in [4.78, 5) is 18.1. The van der Waals surface area contributed by atoms with Gasteiger partial charge < -0.3 is 15.5 Å². The van der Waals surface area contributed by atoms with Gasteiger partial charge in [-0.25, -0.2) is 22.2 Å². The Morgan fingerprint density at radius 2 is 1.68 bits per heavy atom. The predicted octanol–water partition coefficient (Wildman–Crippen LogP) is 4.11. The minimum atomic E-state index is -3.82. The first kappa shape index (κ1) is 24.5. The minimum absolute atomic E-state index is 0.0459. The average molecular weight is 528 g/mol. The molecule has 1 saturated carbocycles. The van der Waals surface area contributed by atoms with Crippen LogP contribution in [0, 0.1) is 18.6 Å². The number of anilines is 6. The summed E-state index contributed by atoms with van der Waals surface area (Å²) in [6, 6.07) is 3.33. The molecule has 4 aromatic rings. The molecule has 11 nitrogen and oxygen atoms in total. The van der Waals surface area contributed by atoms with E-state index in [1.165, 1.54) is 25.6 Å². The maximum absolute atomic E-state index is 15.0. The largest absolute Gasteiger partial charge is 0.323 e. The van der Waals surface area contributed by atoms with E-state index in [1.807, 2.05) is 6.92 Å². The summed E-state index contributed by atoms with van der Waals surface area (Å²) in [5.41, 5.74) is 1.10. The molecule has 3 heterocycles. The summed E-state index contributed by atoms with van der Waals surface area (Å²) in [7, 11) is -2.43. The van der Waals surface area contributed by atoms with Crippen molar-refractivity contribution in [3.8, 4) is 0 Å². The third-order valence-corrected chi connectivity index (χ3v) is 6.83. The zero-order valence-electron chi connectivity index (χ0n) is 20.1. The first-order chi connectivity index (χ1) is 17.6. The molecule has 1 aliphatic carbocycles. The topological polar surface area (TPSA) is 142 Å². The number of nitrogens with one attached hydrogen (secondary N) is 3. The van der Waals surface area contributed by atoms with E-state index >= 15 is 8.78 Å². The van der Waals surface area contributed by atoms with Crippen molar-refractivity contribution in [1.29, 1.82) is 0 Å². The summed E-state index contributed by atoms with van der Waals surface area (Å²) < 4.78 is 53.7. The van der Waals surface area contributed by atoms with Gasteiger partial charge >= 0.3 is 0 Å². The Morgan fingerprint density at radius 3 is 2.19 bits per heavy atom. The summed E-state index contributed by atoms with van der Waals surface area (Å²) in [5.74, 6) is -0.300. The van der Waals surface area contributed by atoms with Crippen LogP contribution in [0.25, 0.3) is 0 Å². The van der Waals surface area contributed by atoms with Gasteiger partial charge in [0.05, 0.1) is 11.1 Å². The van der Waals surface area contributed by atoms with E-state index in [-0.39, 0.29) is 11.9 Å². The van der Waals surface area contributed by atoms with E-state index in [1.54, 1.807) is 6.07 Å². The van der Waals surface area contributed by atoms with Gasteiger partial charge in [0.25, 0.3) is 0 Å². The number of aromatic amines is 1. The van der Waals surface area contributed by atoms with Gasteiger partial charge in [0, 0.05) is 43.0 Å². The highest BCUT2D eigenvalue weighted by atomic mass is 32.2. The lowest BCUT2D eigenvalue weighted by molar-refractivity contribution is 0.569. The third kappa shape index (κ3) is 5.18. The van der Waals surface area contributed by atoms with Crippen LogP contribution in [0.2, 0.25) is 0 Å². The van der Waals surface area contributed by atoms with Crippen molar-refractivity contribution >= 4 is 44.7 Å². The number of nitrogens with zero attached hydrogens (tertiary/aromatic N) is 6. The van der Waals surface area contributed by atoms with Gasteiger partial charge in [-0.3, -0.25) is 10.1 Å². The lowest BCUT2D eigenvalue weighted by Crippen LogP contribution is -2.19. The first-order valence-corrected chi connectivity index (χ1v) is 13.2. The smallest absolute Gasteiger partial charge is 0.233 e. The average Bonchev–Trinajstić information content (AvgIpc) is 3.59. The van der Waals surface area contributed by atoms with E-state index in [0.717, 1.165) is 47.4 Å². The van der Waals surface area contributed by atoms with Gasteiger partial charge in [0.2, 0.25) is 5.95 Å². The maximum Gasteiger partial charge on any atom is 0.233 e. The molecule has 5 rings (SSSR count). The third-order valence-electron chi connectivity index (χ3n) is 5.74. The molecular weight excluding hydrogens is 504 g/mol. The summed E-state index contributed by atoms with van der Waals surface area (Å²) in [6.07, 6.45) is 7.28. The van der Waals surface area contributed by atoms with E-state index in [4.69, 9.17) is 0 Å². The van der Waals surface area contributed by atoms with Crippen LogP contribution in [0.3, 0.4) is 0 Å². The molecule has 1 aliphatic rings. The number of sulfone groups is 1. The molecule has 0 spiro atoms. The second kappa shape index (κ2) is 9.35. The Kier molecular flexibility index (Phi) is 6.19. The fraction of sp³-hybridized carbons (Fsp3) is 0.261. The molecule has 3 N–H and O–H groups in total. The van der Waals surface area contributed by atoms with Crippen LogP contribution in [-0.4, -0.2) is 51.9 Å². The molecule has 0 amide bonds. The predicted molar refractivity (Wildman–Crippen MR) is 133 cm³/mol. The summed E-state index contributed by atoms with van der Waals surface area (Å²) in [5, 5.41) is 13.4. The Hall–Kier alpha value is -4.20. The standard InChI is InChI=1S/C23H23F2N9O2S/c1-12-8-17(33-32-12)28-21-19(13-4-5-13)22(29-18-11-26-6-7-27-18)31-23(30-21)34(2)20-15(24)9-14(10-16(20)25)37(3,35)36/h6-11,13H,4-5H2,1-3H3,(H3,27,28,29,30,31,32,33). The van der Waals surface area contributed by atoms with Crippen LogP contribution in [-0.2, 0) is 9.84 Å². The Balaban J connectivity index is 1.64. The Morgan fingerprint density at radius 1 is 1.03 bits per heavy atom. The summed E-state index contributed by atoms with van der Waals surface area (Å²) in [6.45, 7) is 1.85. The van der Waals surface area contributed by atoms with Gasteiger partial charge in [-0.1, -0.05) is 0 Å². The lowest BCUT2D eigenvalue weighted by atomic mass is 10.1. The highest BCUT2D eigenvalue weighted by Crippen LogP contribution is 2.47. The van der Waals surface area contributed by atoms with Gasteiger partial charge in [0.15, 0.2) is 27.3 Å². The number of benzene rings is 1. The second-order valence-corrected chi connectivity index (χ2v) is 10.8. The molecule has 14 heteroatoms. The number of aromatic nitrogens is 6. The molecule has 0 aliphatic heterocycles. The Bertz CT molecular complexity index is 1550. The van der Waals surface area contributed by atoms with Crippen molar-refractivity contribution in [1.82, 2.24) is 30.1 Å². The molecule has 0 saturated heterocycles.